The van der Waals surface area contributed by atoms with Crippen LogP contribution in [0.2, 0.25) is 5.02 Å². The first kappa shape index (κ1) is 17.8. The highest BCUT2D eigenvalue weighted by atomic mass is 35.5. The van der Waals surface area contributed by atoms with Crippen molar-refractivity contribution in [2.75, 3.05) is 42.9 Å². The Bertz CT molecular complexity index is 754. The predicted molar refractivity (Wildman–Crippen MR) is 104 cm³/mol. The summed E-state index contributed by atoms with van der Waals surface area (Å²) in [6.45, 7) is 8.25. The van der Waals surface area contributed by atoms with Crippen LogP contribution >= 0.6 is 11.6 Å². The van der Waals surface area contributed by atoms with Crippen molar-refractivity contribution in [1.29, 1.82) is 0 Å². The molecule has 5 heteroatoms. The molecule has 2 aromatic rings. The fourth-order valence-corrected chi connectivity index (χ4v) is 3.50. The number of piperazine rings is 1. The molecular formula is C20H25ClN3O+. The summed E-state index contributed by atoms with van der Waals surface area (Å²) in [5.74, 6) is 0.0786. The molecule has 4 nitrogen and oxygen atoms in total. The van der Waals surface area contributed by atoms with Gasteiger partial charge in [-0.15, -0.1) is 0 Å². The van der Waals surface area contributed by atoms with Crippen molar-refractivity contribution in [3.8, 4) is 0 Å². The molecule has 0 bridgehead atoms. The maximum absolute atomic E-state index is 12.4. The highest BCUT2D eigenvalue weighted by Crippen LogP contribution is 2.24. The Morgan fingerprint density at radius 3 is 2.60 bits per heavy atom. The van der Waals surface area contributed by atoms with Crippen LogP contribution in [0.5, 0.6) is 0 Å². The van der Waals surface area contributed by atoms with E-state index in [4.69, 9.17) is 11.6 Å². The first-order valence-corrected chi connectivity index (χ1v) is 9.11. The smallest absolute Gasteiger partial charge is 0.279 e. The lowest BCUT2D eigenvalue weighted by molar-refractivity contribution is -0.892. The highest BCUT2D eigenvalue weighted by Gasteiger charge is 2.23. The van der Waals surface area contributed by atoms with Crippen LogP contribution in [0, 0.1) is 13.8 Å². The number of hydrogen-bond acceptors (Lipinski definition) is 2. The maximum atomic E-state index is 12.4. The standard InChI is InChI=1S/C20H24ClN3O/c1-15-7-8-16(2)18(13-15)22-20(25)14-23-9-11-24(12-10-23)19-6-4-3-5-17(19)21/h3-8,13H,9-12,14H2,1-2H3,(H,22,25)/p+1. The zero-order chi connectivity index (χ0) is 17.8. The zero-order valence-corrected chi connectivity index (χ0v) is 15.6. The second-order valence-electron chi connectivity index (χ2n) is 6.73. The molecule has 132 valence electrons. The average molecular weight is 359 g/mol. The molecule has 0 unspecified atom stereocenters. The lowest BCUT2D eigenvalue weighted by Gasteiger charge is -2.33. The van der Waals surface area contributed by atoms with Gasteiger partial charge < -0.3 is 15.1 Å². The number of quaternary nitrogens is 1. The fourth-order valence-electron chi connectivity index (χ4n) is 3.24. The molecule has 0 atom stereocenters. The third-order valence-corrected chi connectivity index (χ3v) is 5.06. The average Bonchev–Trinajstić information content (AvgIpc) is 2.59. The fraction of sp³-hybridized carbons (Fsp3) is 0.350. The summed E-state index contributed by atoms with van der Waals surface area (Å²) in [5.41, 5.74) is 4.25. The summed E-state index contributed by atoms with van der Waals surface area (Å²) in [4.78, 5) is 16.0. The summed E-state index contributed by atoms with van der Waals surface area (Å²) in [6, 6.07) is 14.1. The second-order valence-corrected chi connectivity index (χ2v) is 7.14. The van der Waals surface area contributed by atoms with Gasteiger partial charge >= 0.3 is 0 Å². The van der Waals surface area contributed by atoms with E-state index in [1.807, 2.05) is 44.2 Å². The molecule has 0 saturated carbocycles. The van der Waals surface area contributed by atoms with Crippen LogP contribution in [-0.4, -0.2) is 38.6 Å². The van der Waals surface area contributed by atoms with Gasteiger partial charge in [-0.05, 0) is 43.2 Å². The molecule has 1 heterocycles. The Morgan fingerprint density at radius 1 is 1.16 bits per heavy atom. The van der Waals surface area contributed by atoms with Gasteiger partial charge in [-0.1, -0.05) is 35.9 Å². The lowest BCUT2D eigenvalue weighted by Crippen LogP contribution is -3.15. The molecule has 1 aliphatic heterocycles. The number of carbonyl (C=O) groups excluding carboxylic acids is 1. The molecule has 0 radical (unpaired) electrons. The minimum absolute atomic E-state index is 0.0786. The number of para-hydroxylation sites is 1. The lowest BCUT2D eigenvalue weighted by atomic mass is 10.1. The van der Waals surface area contributed by atoms with E-state index in [1.165, 1.54) is 4.90 Å². The van der Waals surface area contributed by atoms with Crippen molar-refractivity contribution < 1.29 is 9.69 Å². The number of nitrogens with one attached hydrogen (secondary N) is 2. The van der Waals surface area contributed by atoms with Crippen LogP contribution < -0.4 is 15.1 Å². The van der Waals surface area contributed by atoms with E-state index in [-0.39, 0.29) is 5.91 Å². The van der Waals surface area contributed by atoms with Crippen LogP contribution in [0.4, 0.5) is 11.4 Å². The van der Waals surface area contributed by atoms with Gasteiger partial charge in [0.1, 0.15) is 0 Å². The van der Waals surface area contributed by atoms with Gasteiger partial charge in [-0.2, -0.15) is 0 Å². The summed E-state index contributed by atoms with van der Waals surface area (Å²) >= 11 is 6.28. The van der Waals surface area contributed by atoms with E-state index in [2.05, 4.69) is 22.3 Å². The number of aryl methyl sites for hydroxylation is 2. The van der Waals surface area contributed by atoms with E-state index in [1.54, 1.807) is 0 Å². The summed E-state index contributed by atoms with van der Waals surface area (Å²) < 4.78 is 0. The molecule has 1 fully saturated rings. The van der Waals surface area contributed by atoms with Crippen LogP contribution in [0.15, 0.2) is 42.5 Å². The largest absolute Gasteiger partial charge is 0.359 e. The van der Waals surface area contributed by atoms with Crippen molar-refractivity contribution in [1.82, 2.24) is 0 Å². The minimum atomic E-state index is 0.0786. The number of nitrogens with zero attached hydrogens (tertiary/aromatic N) is 1. The van der Waals surface area contributed by atoms with Crippen LogP contribution in [-0.2, 0) is 4.79 Å². The monoisotopic (exact) mass is 358 g/mol. The van der Waals surface area contributed by atoms with Gasteiger partial charge in [0.2, 0.25) is 0 Å². The van der Waals surface area contributed by atoms with E-state index in [0.29, 0.717) is 6.54 Å². The molecule has 0 spiro atoms. The van der Waals surface area contributed by atoms with Crippen molar-refractivity contribution in [3.05, 3.63) is 58.6 Å². The molecule has 0 aromatic heterocycles. The Labute approximate surface area is 154 Å². The van der Waals surface area contributed by atoms with Crippen molar-refractivity contribution in [2.45, 2.75) is 13.8 Å². The Hall–Kier alpha value is -2.04. The molecule has 0 aliphatic carbocycles. The van der Waals surface area contributed by atoms with Gasteiger partial charge in [-0.25, -0.2) is 0 Å². The van der Waals surface area contributed by atoms with Gasteiger partial charge in [0.05, 0.1) is 36.9 Å². The van der Waals surface area contributed by atoms with Crippen molar-refractivity contribution in [2.24, 2.45) is 0 Å². The molecular weight excluding hydrogens is 334 g/mol. The molecule has 1 saturated heterocycles. The van der Waals surface area contributed by atoms with E-state index in [0.717, 1.165) is 53.7 Å². The SMILES string of the molecule is Cc1ccc(C)c(NC(=O)C[NH+]2CCN(c3ccccc3Cl)CC2)c1. The molecule has 25 heavy (non-hydrogen) atoms. The number of amides is 1. The maximum Gasteiger partial charge on any atom is 0.279 e. The molecule has 1 amide bonds. The second kappa shape index (κ2) is 7.89. The van der Waals surface area contributed by atoms with Gasteiger partial charge in [0.25, 0.3) is 5.91 Å². The van der Waals surface area contributed by atoms with Crippen LogP contribution in [0.1, 0.15) is 11.1 Å². The van der Waals surface area contributed by atoms with Gasteiger partial charge in [-0.3, -0.25) is 4.79 Å². The predicted octanol–water partition coefficient (Wildman–Crippen LogP) is 2.30. The Balaban J connectivity index is 1.53. The molecule has 3 rings (SSSR count). The first-order valence-electron chi connectivity index (χ1n) is 8.73. The number of halogens is 1. The zero-order valence-electron chi connectivity index (χ0n) is 14.8. The quantitative estimate of drug-likeness (QED) is 0.880. The minimum Gasteiger partial charge on any atom is -0.359 e. The number of carbonyl (C=O) groups is 1. The first-order chi connectivity index (χ1) is 12.0. The topological polar surface area (TPSA) is 36.8 Å². The van der Waals surface area contributed by atoms with E-state index < -0.39 is 0 Å². The van der Waals surface area contributed by atoms with E-state index in [9.17, 15) is 4.79 Å². The van der Waals surface area contributed by atoms with Crippen molar-refractivity contribution in [3.63, 3.8) is 0 Å². The van der Waals surface area contributed by atoms with Crippen LogP contribution in [0.25, 0.3) is 0 Å². The van der Waals surface area contributed by atoms with Crippen LogP contribution in [0.3, 0.4) is 0 Å². The highest BCUT2D eigenvalue weighted by molar-refractivity contribution is 6.33. The van der Waals surface area contributed by atoms with Crippen molar-refractivity contribution >= 4 is 28.9 Å². The number of benzene rings is 2. The Kier molecular flexibility index (Phi) is 5.61. The van der Waals surface area contributed by atoms with E-state index >= 15 is 0 Å². The van der Waals surface area contributed by atoms with Gasteiger partial charge in [0.15, 0.2) is 6.54 Å². The number of hydrogen-bond donors (Lipinski definition) is 2. The molecule has 2 N–H and O–H groups in total. The Morgan fingerprint density at radius 2 is 1.88 bits per heavy atom. The molecule has 1 aliphatic rings. The third kappa shape index (κ3) is 4.53. The summed E-state index contributed by atoms with van der Waals surface area (Å²) in [7, 11) is 0. The van der Waals surface area contributed by atoms with Gasteiger partial charge in [0, 0.05) is 5.69 Å². The summed E-state index contributed by atoms with van der Waals surface area (Å²) in [5, 5.41) is 3.85. The molecule has 2 aromatic carbocycles. The number of rotatable bonds is 4. The number of anilines is 2. The summed E-state index contributed by atoms with van der Waals surface area (Å²) in [6.07, 6.45) is 0. The normalized spacial score (nSPS) is 15.2. The third-order valence-electron chi connectivity index (χ3n) is 4.74.